The number of nitrogens with two attached hydrogens (primary N) is 3. The number of azo groups is 1. The minimum absolute atomic E-state index is 0.0344. The van der Waals surface area contributed by atoms with Gasteiger partial charge in [-0.05, 0) is 17.7 Å². The van der Waals surface area contributed by atoms with Crippen molar-refractivity contribution in [1.82, 2.24) is 14.7 Å². The van der Waals surface area contributed by atoms with E-state index in [9.17, 15) is 16.8 Å². The molecule has 2 aliphatic heterocycles. The van der Waals surface area contributed by atoms with Crippen LogP contribution in [0.15, 0.2) is 55.3 Å². The first kappa shape index (κ1) is 31.1. The summed E-state index contributed by atoms with van der Waals surface area (Å²) in [6.07, 6.45) is 0.578. The number of sulfonamides is 2. The fourth-order valence-electron chi connectivity index (χ4n) is 5.21. The zero-order chi connectivity index (χ0) is 30.7. The quantitative estimate of drug-likeness (QED) is 0.0798. The van der Waals surface area contributed by atoms with Crippen molar-refractivity contribution in [1.29, 1.82) is 0 Å². The van der Waals surface area contributed by atoms with Gasteiger partial charge in [-0.1, -0.05) is 18.2 Å². The number of carbonyl (C=O) groups is 1. The maximum absolute atomic E-state index is 13.7. The predicted molar refractivity (Wildman–Crippen MR) is 149 cm³/mol. The maximum Gasteiger partial charge on any atom is 0.287 e. The fourth-order valence-corrected chi connectivity index (χ4v) is 8.07. The van der Waals surface area contributed by atoms with E-state index in [4.69, 9.17) is 26.7 Å². The monoisotopic (exact) mass is 622 g/mol. The number of hydrogen-bond donors (Lipinski definition) is 5. The first-order valence-electron chi connectivity index (χ1n) is 12.5. The van der Waals surface area contributed by atoms with Crippen molar-refractivity contribution in [3.05, 3.63) is 35.9 Å². The second kappa shape index (κ2) is 12.2. The predicted octanol–water partition coefficient (Wildman–Crippen LogP) is -1.48. The zero-order valence-corrected chi connectivity index (χ0v) is 24.1. The molecule has 2 atom stereocenters. The van der Waals surface area contributed by atoms with Gasteiger partial charge in [0.25, 0.3) is 6.47 Å². The standard InChI is InChI=1S/C22H29N10O4S2.CH2O3/c1-32(10-8-23)9-7-13(11-32)31-38(35,36)17-6-5-14(15-3-2-4-16-19(15)29-22(24)28-16)18(20(17)37(25,33)34)21-26-12-27-30-21;2-1-4-3/h2-6,13,31H,7-12,23H2,1H3,(H3,24,28,29)(H2,25,33,34);1,3H/q+1;/p-1/t13-,32?;/m0./s1. The number of nitrogens with one attached hydrogen (secondary N) is 2. The third kappa shape index (κ3) is 6.46. The van der Waals surface area contributed by atoms with Crippen molar-refractivity contribution in [3.8, 4) is 11.1 Å². The van der Waals surface area contributed by atoms with E-state index in [1.165, 1.54) is 12.1 Å². The summed E-state index contributed by atoms with van der Waals surface area (Å²) >= 11 is 0. The van der Waals surface area contributed by atoms with Crippen molar-refractivity contribution < 1.29 is 36.3 Å². The van der Waals surface area contributed by atoms with Gasteiger partial charge in [0, 0.05) is 18.5 Å². The van der Waals surface area contributed by atoms with Gasteiger partial charge in [0.1, 0.15) is 9.79 Å². The van der Waals surface area contributed by atoms with Crippen LogP contribution < -0.4 is 26.6 Å². The minimum Gasteiger partial charge on any atom is -0.662 e. The summed E-state index contributed by atoms with van der Waals surface area (Å²) in [4.78, 5) is 21.6. The third-order valence-corrected chi connectivity index (χ3v) is 9.58. The lowest BCUT2D eigenvalue weighted by Gasteiger charge is -2.29. The summed E-state index contributed by atoms with van der Waals surface area (Å²) < 4.78 is 56.7. The SMILES string of the molecule is C[N+]1(CCN)CC[C@H](NS(=O)(=O)c2ccc(-c3cccc4[nH]c(N)nc34)c(C3=NCN=N3)c2S(N)(=O)=O)C1.O=CO[O-]. The highest BCUT2D eigenvalue weighted by molar-refractivity contribution is 7.92. The first-order valence-corrected chi connectivity index (χ1v) is 15.5. The smallest absolute Gasteiger partial charge is 0.287 e. The van der Waals surface area contributed by atoms with Crippen molar-refractivity contribution in [2.75, 3.05) is 45.6 Å². The number of likely N-dealkylation sites (N-methyl/N-ethyl adjacent to an activating group) is 1. The van der Waals surface area contributed by atoms with E-state index < -0.39 is 35.9 Å². The molecular formula is C23H30N10O7S2. The highest BCUT2D eigenvalue weighted by atomic mass is 32.2. The number of benzene rings is 2. The third-order valence-electron chi connectivity index (χ3n) is 6.90. The second-order valence-corrected chi connectivity index (χ2v) is 13.1. The molecule has 1 fully saturated rings. The molecule has 2 aromatic carbocycles. The molecule has 3 heterocycles. The molecule has 1 aromatic heterocycles. The highest BCUT2D eigenvalue weighted by Gasteiger charge is 2.39. The Morgan fingerprint density at radius 2 is 1.95 bits per heavy atom. The summed E-state index contributed by atoms with van der Waals surface area (Å²) in [6, 6.07) is 7.52. The van der Waals surface area contributed by atoms with Gasteiger partial charge in [0.05, 0.1) is 49.3 Å². The molecule has 0 amide bonds. The maximum atomic E-state index is 13.7. The van der Waals surface area contributed by atoms with Gasteiger partial charge >= 0.3 is 0 Å². The number of nitrogens with zero attached hydrogens (tertiary/aromatic N) is 5. The number of imidazole rings is 1. The molecule has 19 heteroatoms. The van der Waals surface area contributed by atoms with Crippen LogP contribution in [0.5, 0.6) is 0 Å². The van der Waals surface area contributed by atoms with Crippen molar-refractivity contribution >= 4 is 49.3 Å². The van der Waals surface area contributed by atoms with Gasteiger partial charge in [-0.3, -0.25) is 4.79 Å². The highest BCUT2D eigenvalue weighted by Crippen LogP contribution is 2.37. The Bertz CT molecular complexity index is 1770. The van der Waals surface area contributed by atoms with E-state index in [1.54, 1.807) is 18.2 Å². The van der Waals surface area contributed by atoms with Crippen LogP contribution >= 0.6 is 0 Å². The number of aromatic nitrogens is 2. The van der Waals surface area contributed by atoms with Crippen molar-refractivity contribution in [3.63, 3.8) is 0 Å². The van der Waals surface area contributed by atoms with Gasteiger partial charge in [-0.25, -0.2) is 36.7 Å². The Balaban J connectivity index is 0.000000952. The molecule has 226 valence electrons. The summed E-state index contributed by atoms with van der Waals surface area (Å²) in [6.45, 7) is 2.22. The second-order valence-electron chi connectivity index (χ2n) is 9.89. The number of anilines is 1. The number of quaternary nitrogens is 1. The number of nitrogen functional groups attached to an aromatic ring is 1. The molecule has 0 radical (unpaired) electrons. The molecule has 0 bridgehead atoms. The van der Waals surface area contributed by atoms with Crippen LogP contribution in [0, 0.1) is 0 Å². The number of carbonyl (C=O) groups excluding carboxylic acids is 1. The lowest BCUT2D eigenvalue weighted by Crippen LogP contribution is -2.48. The van der Waals surface area contributed by atoms with E-state index in [0.29, 0.717) is 52.7 Å². The molecular weight excluding hydrogens is 592 g/mol. The molecule has 2 aliphatic rings. The van der Waals surface area contributed by atoms with Crippen LogP contribution in [0.1, 0.15) is 12.0 Å². The van der Waals surface area contributed by atoms with Crippen LogP contribution in [0.3, 0.4) is 0 Å². The number of amidine groups is 1. The molecule has 42 heavy (non-hydrogen) atoms. The molecule has 8 N–H and O–H groups in total. The van der Waals surface area contributed by atoms with E-state index in [2.05, 4.69) is 34.8 Å². The number of aromatic amines is 1. The molecule has 0 saturated carbocycles. The van der Waals surface area contributed by atoms with E-state index in [-0.39, 0.29) is 30.5 Å². The Morgan fingerprint density at radius 3 is 2.57 bits per heavy atom. The molecule has 5 rings (SSSR count). The molecule has 1 saturated heterocycles. The van der Waals surface area contributed by atoms with Gasteiger partial charge < -0.3 is 31.1 Å². The van der Waals surface area contributed by atoms with Crippen LogP contribution in [-0.2, 0) is 29.7 Å². The summed E-state index contributed by atoms with van der Waals surface area (Å²) in [7, 11) is -6.93. The number of fused-ring (bicyclic) bond motifs is 1. The Morgan fingerprint density at radius 1 is 1.21 bits per heavy atom. The van der Waals surface area contributed by atoms with Crippen LogP contribution in [0.4, 0.5) is 5.95 Å². The Hall–Kier alpha value is -3.85. The van der Waals surface area contributed by atoms with Gasteiger partial charge in [0.15, 0.2) is 18.5 Å². The van der Waals surface area contributed by atoms with Gasteiger partial charge in [-0.2, -0.15) is 5.11 Å². The number of H-pyrrole nitrogens is 1. The van der Waals surface area contributed by atoms with Crippen LogP contribution in [0.2, 0.25) is 0 Å². The number of likely N-dealkylation sites (tertiary alicyclic amines) is 1. The Kier molecular flexibility index (Phi) is 9.01. The molecule has 0 aliphatic carbocycles. The lowest BCUT2D eigenvalue weighted by atomic mass is 9.97. The number of aliphatic imine (C=N–C) groups is 1. The fraction of sp³-hybridized carbons (Fsp3) is 0.348. The normalized spacial score (nSPS) is 20.3. The van der Waals surface area contributed by atoms with E-state index >= 15 is 0 Å². The van der Waals surface area contributed by atoms with Gasteiger partial charge in [0.2, 0.25) is 20.0 Å². The topological polar surface area (TPSA) is 273 Å². The average Bonchev–Trinajstić information content (AvgIpc) is 3.67. The molecule has 3 aromatic rings. The van der Waals surface area contributed by atoms with E-state index in [0.717, 1.165) is 6.54 Å². The van der Waals surface area contributed by atoms with Crippen molar-refractivity contribution in [2.45, 2.75) is 22.3 Å². The largest absolute Gasteiger partial charge is 0.662 e. The van der Waals surface area contributed by atoms with Crippen LogP contribution in [-0.4, -0.2) is 89.5 Å². The van der Waals surface area contributed by atoms with E-state index in [1.807, 2.05) is 7.05 Å². The average molecular weight is 623 g/mol. The number of rotatable bonds is 9. The number of para-hydroxylation sites is 1. The molecule has 0 spiro atoms. The number of primary sulfonamides is 1. The van der Waals surface area contributed by atoms with Gasteiger partial charge in [-0.15, -0.1) is 5.11 Å². The molecule has 17 nitrogen and oxygen atoms in total. The Labute approximate surface area is 241 Å². The summed E-state index contributed by atoms with van der Waals surface area (Å²) in [5.74, 6) is 0.119. The van der Waals surface area contributed by atoms with Crippen molar-refractivity contribution in [2.24, 2.45) is 26.1 Å². The molecule has 1 unspecified atom stereocenters. The minimum atomic E-state index is -4.60. The summed E-state index contributed by atoms with van der Waals surface area (Å²) in [5.41, 5.74) is 13.4. The summed E-state index contributed by atoms with van der Waals surface area (Å²) in [5, 5.41) is 21.9. The zero-order valence-electron chi connectivity index (χ0n) is 22.4. The van der Waals surface area contributed by atoms with Crippen LogP contribution in [0.25, 0.3) is 22.2 Å². The first-order chi connectivity index (χ1) is 19.8. The lowest BCUT2D eigenvalue weighted by molar-refractivity contribution is -0.896. The number of hydrogen-bond acceptors (Lipinski definition) is 13.